The van der Waals surface area contributed by atoms with Crippen LogP contribution < -0.4 is 4.90 Å². The van der Waals surface area contributed by atoms with E-state index >= 15 is 0 Å². The fourth-order valence-electron chi connectivity index (χ4n) is 3.83. The van der Waals surface area contributed by atoms with E-state index in [0.29, 0.717) is 28.6 Å². The summed E-state index contributed by atoms with van der Waals surface area (Å²) in [5.41, 5.74) is 3.80. The van der Waals surface area contributed by atoms with E-state index in [1.807, 2.05) is 30.3 Å². The summed E-state index contributed by atoms with van der Waals surface area (Å²) in [6.07, 6.45) is 4.25. The van der Waals surface area contributed by atoms with E-state index in [2.05, 4.69) is 5.10 Å². The number of hydrogen-bond donors (Lipinski definition) is 0. The highest BCUT2D eigenvalue weighted by Crippen LogP contribution is 2.32. The van der Waals surface area contributed by atoms with Crippen molar-refractivity contribution < 1.29 is 14.3 Å². The van der Waals surface area contributed by atoms with Crippen LogP contribution in [-0.2, 0) is 36.0 Å². The van der Waals surface area contributed by atoms with Crippen molar-refractivity contribution in [2.45, 2.75) is 46.1 Å². The number of thiazole rings is 1. The van der Waals surface area contributed by atoms with Gasteiger partial charge >= 0.3 is 5.97 Å². The first-order valence-corrected chi connectivity index (χ1v) is 11.3. The first-order valence-electron chi connectivity index (χ1n) is 10.4. The lowest BCUT2D eigenvalue weighted by atomic mass is 10.0. The molecule has 0 spiro atoms. The van der Waals surface area contributed by atoms with E-state index in [9.17, 15) is 9.59 Å². The maximum atomic E-state index is 13.2. The van der Waals surface area contributed by atoms with Crippen LogP contribution in [0.15, 0.2) is 30.3 Å². The van der Waals surface area contributed by atoms with Crippen molar-refractivity contribution in [3.05, 3.63) is 63.4 Å². The molecule has 1 aromatic carbocycles. The normalized spacial score (nSPS) is 13.0. The average Bonchev–Trinajstić information content (AvgIpc) is 3.30. The summed E-state index contributed by atoms with van der Waals surface area (Å²) < 4.78 is 7.03. The van der Waals surface area contributed by atoms with E-state index in [4.69, 9.17) is 9.72 Å². The lowest BCUT2D eigenvalue weighted by Crippen LogP contribution is -2.34. The van der Waals surface area contributed by atoms with E-state index in [-0.39, 0.29) is 12.5 Å². The van der Waals surface area contributed by atoms with Crippen LogP contribution in [0.4, 0.5) is 5.13 Å². The van der Waals surface area contributed by atoms with Gasteiger partial charge in [-0.1, -0.05) is 30.3 Å². The van der Waals surface area contributed by atoms with Crippen LogP contribution in [0.3, 0.4) is 0 Å². The summed E-state index contributed by atoms with van der Waals surface area (Å²) in [5.74, 6) is -0.822. The van der Waals surface area contributed by atoms with Crippen molar-refractivity contribution in [3.63, 3.8) is 0 Å². The number of nitrogens with zero attached hydrogens (tertiary/aromatic N) is 4. The van der Waals surface area contributed by atoms with Gasteiger partial charge in [0.05, 0.1) is 17.9 Å². The molecule has 7 nitrogen and oxygen atoms in total. The number of rotatable bonds is 6. The standard InChI is InChI=1S/C23H26N4O3S/c1-15-21(16(2)26(3)25-15)22(29)30-14-20(28)27(13-17-9-5-4-6-10-17)23-24-18-11-7-8-12-19(18)31-23/h4-6,9-10H,7-8,11-14H2,1-3H3. The maximum absolute atomic E-state index is 13.2. The molecular formula is C23H26N4O3S. The molecule has 0 atom stereocenters. The summed E-state index contributed by atoms with van der Waals surface area (Å²) in [6.45, 7) is 3.60. The molecule has 0 N–H and O–H groups in total. The molecule has 0 aliphatic heterocycles. The van der Waals surface area contributed by atoms with Crippen LogP contribution in [0.25, 0.3) is 0 Å². The largest absolute Gasteiger partial charge is 0.452 e. The van der Waals surface area contributed by atoms with E-state index in [0.717, 1.165) is 36.9 Å². The molecular weight excluding hydrogens is 412 g/mol. The Morgan fingerprint density at radius 2 is 1.90 bits per heavy atom. The second-order valence-electron chi connectivity index (χ2n) is 7.78. The topological polar surface area (TPSA) is 77.3 Å². The number of aryl methyl sites for hydroxylation is 4. The third-order valence-corrected chi connectivity index (χ3v) is 6.77. The fourth-order valence-corrected chi connectivity index (χ4v) is 4.99. The fraction of sp³-hybridized carbons (Fsp3) is 0.391. The quantitative estimate of drug-likeness (QED) is 0.548. The monoisotopic (exact) mass is 438 g/mol. The molecule has 0 unspecified atom stereocenters. The molecule has 162 valence electrons. The molecule has 8 heteroatoms. The molecule has 2 heterocycles. The number of aromatic nitrogens is 3. The average molecular weight is 439 g/mol. The van der Waals surface area contributed by atoms with Crippen molar-refractivity contribution in [2.24, 2.45) is 7.05 Å². The Hall–Kier alpha value is -3.00. The van der Waals surface area contributed by atoms with Crippen LogP contribution in [0, 0.1) is 13.8 Å². The maximum Gasteiger partial charge on any atom is 0.342 e. The number of fused-ring (bicyclic) bond motifs is 1. The number of carbonyl (C=O) groups excluding carboxylic acids is 2. The Morgan fingerprint density at radius 1 is 1.16 bits per heavy atom. The number of hydrogen-bond acceptors (Lipinski definition) is 6. The number of esters is 1. The molecule has 0 saturated carbocycles. The van der Waals surface area contributed by atoms with Gasteiger partial charge in [0.1, 0.15) is 5.56 Å². The molecule has 0 bridgehead atoms. The Kier molecular flexibility index (Phi) is 6.18. The Morgan fingerprint density at radius 3 is 2.58 bits per heavy atom. The van der Waals surface area contributed by atoms with Gasteiger partial charge in [0, 0.05) is 17.6 Å². The second kappa shape index (κ2) is 9.01. The van der Waals surface area contributed by atoms with Crippen LogP contribution in [0.2, 0.25) is 0 Å². The van der Waals surface area contributed by atoms with Gasteiger partial charge < -0.3 is 4.74 Å². The van der Waals surface area contributed by atoms with Crippen molar-refractivity contribution in [1.82, 2.24) is 14.8 Å². The highest BCUT2D eigenvalue weighted by atomic mass is 32.1. The van der Waals surface area contributed by atoms with Crippen molar-refractivity contribution >= 4 is 28.3 Å². The molecule has 0 saturated heterocycles. The van der Waals surface area contributed by atoms with Gasteiger partial charge in [0.15, 0.2) is 11.7 Å². The first-order chi connectivity index (χ1) is 14.9. The summed E-state index contributed by atoms with van der Waals surface area (Å²) in [7, 11) is 1.77. The van der Waals surface area contributed by atoms with E-state index < -0.39 is 5.97 Å². The van der Waals surface area contributed by atoms with E-state index in [1.54, 1.807) is 41.8 Å². The van der Waals surface area contributed by atoms with Gasteiger partial charge in [-0.3, -0.25) is 14.4 Å². The zero-order chi connectivity index (χ0) is 22.0. The smallest absolute Gasteiger partial charge is 0.342 e. The number of ether oxygens (including phenoxy) is 1. The highest BCUT2D eigenvalue weighted by molar-refractivity contribution is 7.15. The van der Waals surface area contributed by atoms with Crippen molar-refractivity contribution in [3.8, 4) is 0 Å². The molecule has 1 aliphatic rings. The number of carbonyl (C=O) groups is 2. The SMILES string of the molecule is Cc1nn(C)c(C)c1C(=O)OCC(=O)N(Cc1ccccc1)c1nc2c(s1)CCCC2. The molecule has 2 aromatic heterocycles. The van der Waals surface area contributed by atoms with Gasteiger partial charge in [-0.25, -0.2) is 9.78 Å². The summed E-state index contributed by atoms with van der Waals surface area (Å²) in [5, 5.41) is 4.92. The number of amides is 1. The Labute approximate surface area is 185 Å². The first kappa shape index (κ1) is 21.2. The minimum atomic E-state index is -0.533. The lowest BCUT2D eigenvalue weighted by Gasteiger charge is -2.20. The van der Waals surface area contributed by atoms with E-state index in [1.165, 1.54) is 4.88 Å². The Balaban J connectivity index is 1.53. The molecule has 1 aliphatic carbocycles. The van der Waals surface area contributed by atoms with Gasteiger partial charge in [-0.2, -0.15) is 5.10 Å². The lowest BCUT2D eigenvalue weighted by molar-refractivity contribution is -0.121. The minimum Gasteiger partial charge on any atom is -0.452 e. The van der Waals surface area contributed by atoms with Gasteiger partial charge in [-0.15, -0.1) is 11.3 Å². The van der Waals surface area contributed by atoms with Gasteiger partial charge in [-0.05, 0) is 45.1 Å². The predicted molar refractivity (Wildman–Crippen MR) is 119 cm³/mol. The highest BCUT2D eigenvalue weighted by Gasteiger charge is 2.26. The minimum absolute atomic E-state index is 0.289. The zero-order valence-electron chi connectivity index (χ0n) is 18.1. The Bertz CT molecular complexity index is 1080. The third-order valence-electron chi connectivity index (χ3n) is 5.59. The van der Waals surface area contributed by atoms with Crippen LogP contribution >= 0.6 is 11.3 Å². The van der Waals surface area contributed by atoms with Gasteiger partial charge in [0.25, 0.3) is 5.91 Å². The number of anilines is 1. The third kappa shape index (κ3) is 4.54. The summed E-state index contributed by atoms with van der Waals surface area (Å²) in [6, 6.07) is 9.78. The van der Waals surface area contributed by atoms with Crippen LogP contribution in [0.1, 0.15) is 50.7 Å². The molecule has 3 aromatic rings. The van der Waals surface area contributed by atoms with Crippen LogP contribution in [0.5, 0.6) is 0 Å². The predicted octanol–water partition coefficient (Wildman–Crippen LogP) is 3.76. The van der Waals surface area contributed by atoms with Crippen molar-refractivity contribution in [1.29, 1.82) is 0 Å². The summed E-state index contributed by atoms with van der Waals surface area (Å²) >= 11 is 1.57. The molecule has 4 rings (SSSR count). The molecule has 1 amide bonds. The zero-order valence-corrected chi connectivity index (χ0v) is 18.9. The number of benzene rings is 1. The van der Waals surface area contributed by atoms with Gasteiger partial charge in [0.2, 0.25) is 0 Å². The summed E-state index contributed by atoms with van der Waals surface area (Å²) in [4.78, 5) is 33.4. The van der Waals surface area contributed by atoms with Crippen LogP contribution in [-0.4, -0.2) is 33.2 Å². The molecule has 0 radical (unpaired) electrons. The second-order valence-corrected chi connectivity index (χ2v) is 8.85. The molecule has 31 heavy (non-hydrogen) atoms. The molecule has 0 fully saturated rings. The van der Waals surface area contributed by atoms with Crippen molar-refractivity contribution in [2.75, 3.05) is 11.5 Å².